The molecule has 2 fully saturated rings. The van der Waals surface area contributed by atoms with E-state index in [1.165, 1.54) is 4.31 Å². The molecular formula is C27H33BrN8O4S2. The number of aromatic nitrogens is 4. The number of anilines is 4. The van der Waals surface area contributed by atoms with E-state index in [0.717, 1.165) is 31.2 Å². The molecule has 0 radical (unpaired) electrons. The van der Waals surface area contributed by atoms with Crippen LogP contribution in [-0.2, 0) is 20.0 Å². The first-order valence-electron chi connectivity index (χ1n) is 13.6. The molecular weight excluding hydrogens is 644 g/mol. The third-order valence-electron chi connectivity index (χ3n) is 7.01. The number of imidazole rings is 2. The summed E-state index contributed by atoms with van der Waals surface area (Å²) in [6.07, 6.45) is 10.4. The predicted octanol–water partition coefficient (Wildman–Crippen LogP) is 4.95. The lowest BCUT2D eigenvalue weighted by molar-refractivity contribution is 0.476. The fourth-order valence-electron chi connectivity index (χ4n) is 4.81. The van der Waals surface area contributed by atoms with E-state index < -0.39 is 20.0 Å². The van der Waals surface area contributed by atoms with Gasteiger partial charge in [0.05, 0.1) is 9.79 Å². The first-order chi connectivity index (χ1) is 20.1. The zero-order chi connectivity index (χ0) is 29.7. The first kappa shape index (κ1) is 30.2. The molecule has 4 aromatic rings. The van der Waals surface area contributed by atoms with Gasteiger partial charge in [-0.25, -0.2) is 26.8 Å². The number of nitrogens with one attached hydrogen (secondary N) is 4. The smallest absolute Gasteiger partial charge is 0.244 e. The van der Waals surface area contributed by atoms with E-state index in [4.69, 9.17) is 0 Å². The van der Waals surface area contributed by atoms with Gasteiger partial charge in [-0.3, -0.25) is 0 Å². The van der Waals surface area contributed by atoms with Gasteiger partial charge in [-0.15, -0.1) is 0 Å². The maximum absolute atomic E-state index is 12.7. The second kappa shape index (κ2) is 13.0. The van der Waals surface area contributed by atoms with E-state index in [-0.39, 0.29) is 4.90 Å². The van der Waals surface area contributed by atoms with Crippen molar-refractivity contribution in [3.63, 3.8) is 0 Å². The van der Waals surface area contributed by atoms with Crippen LogP contribution in [0.4, 0.5) is 23.3 Å². The molecule has 2 saturated heterocycles. The summed E-state index contributed by atoms with van der Waals surface area (Å²) >= 11 is 3.33. The molecule has 4 N–H and O–H groups in total. The van der Waals surface area contributed by atoms with E-state index in [1.807, 2.05) is 19.1 Å². The van der Waals surface area contributed by atoms with Crippen molar-refractivity contribution in [1.82, 2.24) is 28.5 Å². The van der Waals surface area contributed by atoms with Crippen molar-refractivity contribution in [1.29, 1.82) is 0 Å². The average molecular weight is 678 g/mol. The van der Waals surface area contributed by atoms with Crippen molar-refractivity contribution in [3.8, 4) is 0 Å². The number of aromatic amines is 2. The van der Waals surface area contributed by atoms with Crippen molar-refractivity contribution in [2.45, 2.75) is 42.4 Å². The minimum atomic E-state index is -3.45. The largest absolute Gasteiger partial charge is 0.331 e. The summed E-state index contributed by atoms with van der Waals surface area (Å²) in [5, 5.41) is 6.11. The molecule has 6 rings (SSSR count). The van der Waals surface area contributed by atoms with Crippen molar-refractivity contribution in [2.75, 3.05) is 36.8 Å². The van der Waals surface area contributed by atoms with Crippen molar-refractivity contribution >= 4 is 59.2 Å². The molecule has 224 valence electrons. The Morgan fingerprint density at radius 3 is 1.64 bits per heavy atom. The molecule has 2 aliphatic rings. The lowest BCUT2D eigenvalue weighted by atomic mass is 10.2. The van der Waals surface area contributed by atoms with Gasteiger partial charge in [-0.05, 0) is 84.4 Å². The summed E-state index contributed by atoms with van der Waals surface area (Å²) in [5.74, 6) is 1.16. The van der Waals surface area contributed by atoms with Crippen LogP contribution in [0.15, 0.2) is 75.4 Å². The molecule has 0 amide bonds. The maximum atomic E-state index is 12.7. The number of aryl methyl sites for hydroxylation is 1. The minimum absolute atomic E-state index is 0.279. The van der Waals surface area contributed by atoms with Crippen molar-refractivity contribution < 1.29 is 16.8 Å². The minimum Gasteiger partial charge on any atom is -0.331 e. The van der Waals surface area contributed by atoms with Gasteiger partial charge in [0.2, 0.25) is 31.9 Å². The summed E-state index contributed by atoms with van der Waals surface area (Å²) in [7, 11) is -6.86. The van der Waals surface area contributed by atoms with Gasteiger partial charge in [0, 0.05) is 66.8 Å². The Morgan fingerprint density at radius 2 is 1.17 bits per heavy atom. The van der Waals surface area contributed by atoms with E-state index in [1.54, 1.807) is 53.4 Å². The molecule has 2 aromatic carbocycles. The number of rotatable bonds is 8. The molecule has 0 spiro atoms. The third-order valence-corrected chi connectivity index (χ3v) is 11.9. The Kier molecular flexibility index (Phi) is 9.32. The molecule has 15 heteroatoms. The average Bonchev–Trinajstić information content (AvgIpc) is 3.79. The zero-order valence-corrected chi connectivity index (χ0v) is 26.3. The van der Waals surface area contributed by atoms with Crippen LogP contribution in [0, 0.1) is 6.92 Å². The molecule has 0 bridgehead atoms. The Labute approximate surface area is 254 Å². The van der Waals surface area contributed by atoms with Crippen LogP contribution < -0.4 is 10.6 Å². The Morgan fingerprint density at radius 1 is 0.714 bits per heavy atom. The lowest BCUT2D eigenvalue weighted by Gasteiger charge is -2.18. The molecule has 2 aromatic heterocycles. The van der Waals surface area contributed by atoms with Crippen LogP contribution in [0.25, 0.3) is 0 Å². The molecule has 0 unspecified atom stereocenters. The van der Waals surface area contributed by atoms with Gasteiger partial charge in [0.15, 0.2) is 0 Å². The van der Waals surface area contributed by atoms with Crippen LogP contribution in [0.1, 0.15) is 31.2 Å². The number of nitrogens with zero attached hydrogens (tertiary/aromatic N) is 4. The fourth-order valence-corrected chi connectivity index (χ4v) is 9.05. The highest BCUT2D eigenvalue weighted by atomic mass is 79.9. The van der Waals surface area contributed by atoms with E-state index >= 15 is 0 Å². The first-order valence-corrected chi connectivity index (χ1v) is 17.3. The van der Waals surface area contributed by atoms with Crippen LogP contribution >= 0.6 is 15.9 Å². The lowest BCUT2D eigenvalue weighted by Crippen LogP contribution is -2.28. The predicted molar refractivity (Wildman–Crippen MR) is 165 cm³/mol. The second-order valence-corrected chi connectivity index (χ2v) is 14.6. The molecule has 0 aliphatic carbocycles. The summed E-state index contributed by atoms with van der Waals surface area (Å²) < 4.78 is 54.3. The second-order valence-electron chi connectivity index (χ2n) is 9.97. The Hall–Kier alpha value is -3.24. The van der Waals surface area contributed by atoms with Crippen LogP contribution in [0.3, 0.4) is 0 Å². The van der Waals surface area contributed by atoms with E-state index in [0.29, 0.717) is 58.8 Å². The molecule has 0 atom stereocenters. The number of hydrogen-bond donors (Lipinski definition) is 4. The third kappa shape index (κ3) is 6.86. The van der Waals surface area contributed by atoms with E-state index in [2.05, 4.69) is 46.5 Å². The standard InChI is InChI=1S/C14H18N4O2S.C13H15BrN4O2S/c1-11-4-5-12(17-14-15-6-7-16-14)10-13(11)21(19,20)18-8-2-3-9-18;14-11-4-3-10(17-13-15-5-6-16-13)9-12(11)21(19,20)18-7-1-2-8-18/h4-7,10H,2-3,8-9H2,1H3,(H2,15,16,17);3-6,9H,1-2,7-8H2,(H2,15,16,17). The van der Waals surface area contributed by atoms with Crippen molar-refractivity contribution in [2.24, 2.45) is 0 Å². The van der Waals surface area contributed by atoms with Gasteiger partial charge in [-0.2, -0.15) is 8.61 Å². The SMILES string of the molecule is Cc1ccc(Nc2ncc[nH]2)cc1S(=O)(=O)N1CCCC1.O=S(=O)(c1cc(Nc2ncc[nH]2)ccc1Br)N1CCCC1. The van der Waals surface area contributed by atoms with Crippen molar-refractivity contribution in [3.05, 3.63) is 71.2 Å². The van der Waals surface area contributed by atoms with Crippen LogP contribution in [0.5, 0.6) is 0 Å². The Bertz CT molecular complexity index is 1570. The molecule has 42 heavy (non-hydrogen) atoms. The molecule has 12 nitrogen and oxygen atoms in total. The zero-order valence-electron chi connectivity index (χ0n) is 23.0. The van der Waals surface area contributed by atoms with Gasteiger partial charge >= 0.3 is 0 Å². The molecule has 4 heterocycles. The van der Waals surface area contributed by atoms with Crippen LogP contribution in [-0.4, -0.2) is 71.6 Å². The highest BCUT2D eigenvalue weighted by Crippen LogP contribution is 2.31. The Balaban J connectivity index is 0.000000168. The summed E-state index contributed by atoms with van der Waals surface area (Å²) in [4.78, 5) is 14.6. The summed E-state index contributed by atoms with van der Waals surface area (Å²) in [6, 6.07) is 10.5. The summed E-state index contributed by atoms with van der Waals surface area (Å²) in [5.41, 5.74) is 2.13. The normalized spacial score (nSPS) is 16.2. The molecule has 0 saturated carbocycles. The number of hydrogen-bond acceptors (Lipinski definition) is 8. The number of halogens is 1. The summed E-state index contributed by atoms with van der Waals surface area (Å²) in [6.45, 7) is 4.21. The van der Waals surface area contributed by atoms with E-state index in [9.17, 15) is 16.8 Å². The van der Waals surface area contributed by atoms with Crippen LogP contribution in [0.2, 0.25) is 0 Å². The van der Waals surface area contributed by atoms with Gasteiger partial charge in [0.25, 0.3) is 0 Å². The number of H-pyrrole nitrogens is 2. The fraction of sp³-hybridized carbons (Fsp3) is 0.333. The number of sulfonamides is 2. The van der Waals surface area contributed by atoms with Gasteiger partial charge < -0.3 is 20.6 Å². The monoisotopic (exact) mass is 676 g/mol. The maximum Gasteiger partial charge on any atom is 0.244 e. The van der Waals surface area contributed by atoms with Gasteiger partial charge in [0.1, 0.15) is 0 Å². The van der Waals surface area contributed by atoms with Gasteiger partial charge in [-0.1, -0.05) is 6.07 Å². The number of benzene rings is 2. The highest BCUT2D eigenvalue weighted by Gasteiger charge is 2.30. The molecule has 2 aliphatic heterocycles. The highest BCUT2D eigenvalue weighted by molar-refractivity contribution is 9.10. The quantitative estimate of drug-likeness (QED) is 0.204. The topological polar surface area (TPSA) is 156 Å².